The van der Waals surface area contributed by atoms with Crippen LogP contribution in [0.25, 0.3) is 0 Å². The number of methoxy groups -OCH3 is 1. The number of carbonyl (C=O) groups is 1. The van der Waals surface area contributed by atoms with Gasteiger partial charge >= 0.3 is 0 Å². The van der Waals surface area contributed by atoms with Gasteiger partial charge in [-0.25, -0.2) is 0 Å². The third-order valence-corrected chi connectivity index (χ3v) is 4.05. The zero-order chi connectivity index (χ0) is 12.7. The lowest BCUT2D eigenvalue weighted by Crippen LogP contribution is -2.30. The number of likely N-dealkylation sites (N-methyl/N-ethyl adjacent to an activating group) is 1. The van der Waals surface area contributed by atoms with Gasteiger partial charge in [0.2, 0.25) is 5.91 Å². The standard InChI is InChI=1S/C15H19NO2/c1-16(15(17)10-6-7-10)14-9-13(14)11-4-3-5-12(8-11)18-2/h3-5,8,10,13-14H,6-7,9H2,1-2H3. The van der Waals surface area contributed by atoms with E-state index in [4.69, 9.17) is 4.74 Å². The molecule has 0 radical (unpaired) electrons. The van der Waals surface area contributed by atoms with Gasteiger partial charge in [0, 0.05) is 24.9 Å². The van der Waals surface area contributed by atoms with E-state index in [9.17, 15) is 4.79 Å². The largest absolute Gasteiger partial charge is 0.497 e. The summed E-state index contributed by atoms with van der Waals surface area (Å²) in [6, 6.07) is 8.58. The van der Waals surface area contributed by atoms with E-state index in [1.54, 1.807) is 7.11 Å². The summed E-state index contributed by atoms with van der Waals surface area (Å²) >= 11 is 0. The molecule has 18 heavy (non-hydrogen) atoms. The minimum Gasteiger partial charge on any atom is -0.497 e. The highest BCUT2D eigenvalue weighted by molar-refractivity contribution is 5.81. The molecule has 0 N–H and O–H groups in total. The van der Waals surface area contributed by atoms with E-state index in [1.807, 2.05) is 24.1 Å². The first-order valence-corrected chi connectivity index (χ1v) is 6.61. The van der Waals surface area contributed by atoms with Crippen molar-refractivity contribution in [3.8, 4) is 5.75 Å². The Morgan fingerprint density at radius 2 is 2.17 bits per heavy atom. The predicted molar refractivity (Wildman–Crippen MR) is 69.6 cm³/mol. The molecule has 0 saturated heterocycles. The van der Waals surface area contributed by atoms with Gasteiger partial charge in [0.05, 0.1) is 7.11 Å². The van der Waals surface area contributed by atoms with Crippen LogP contribution in [0, 0.1) is 5.92 Å². The van der Waals surface area contributed by atoms with Gasteiger partial charge in [-0.05, 0) is 37.0 Å². The van der Waals surface area contributed by atoms with Crippen LogP contribution in [0.2, 0.25) is 0 Å². The summed E-state index contributed by atoms with van der Waals surface area (Å²) in [5.74, 6) is 2.05. The molecule has 0 aliphatic heterocycles. The molecule has 3 heteroatoms. The lowest BCUT2D eigenvalue weighted by Gasteiger charge is -2.17. The van der Waals surface area contributed by atoms with Crippen molar-refractivity contribution in [1.29, 1.82) is 0 Å². The first kappa shape index (κ1) is 11.6. The van der Waals surface area contributed by atoms with Crippen molar-refractivity contribution in [3.05, 3.63) is 29.8 Å². The number of ether oxygens (including phenoxy) is 1. The molecule has 0 aromatic heterocycles. The quantitative estimate of drug-likeness (QED) is 0.815. The molecule has 1 aromatic rings. The van der Waals surface area contributed by atoms with Crippen LogP contribution in [-0.2, 0) is 4.79 Å². The average molecular weight is 245 g/mol. The maximum Gasteiger partial charge on any atom is 0.225 e. The molecule has 0 heterocycles. The number of rotatable bonds is 4. The van der Waals surface area contributed by atoms with Crippen LogP contribution in [0.1, 0.15) is 30.7 Å². The maximum atomic E-state index is 12.0. The van der Waals surface area contributed by atoms with E-state index < -0.39 is 0 Å². The van der Waals surface area contributed by atoms with E-state index in [0.29, 0.717) is 23.8 Å². The lowest BCUT2D eigenvalue weighted by atomic mass is 10.1. The van der Waals surface area contributed by atoms with Crippen LogP contribution in [0.3, 0.4) is 0 Å². The van der Waals surface area contributed by atoms with Gasteiger partial charge in [-0.3, -0.25) is 4.79 Å². The smallest absolute Gasteiger partial charge is 0.225 e. The highest BCUT2D eigenvalue weighted by Crippen LogP contribution is 2.46. The number of hydrogen-bond acceptors (Lipinski definition) is 2. The molecule has 2 aliphatic rings. The van der Waals surface area contributed by atoms with E-state index in [0.717, 1.165) is 25.0 Å². The highest BCUT2D eigenvalue weighted by Gasteiger charge is 2.45. The number of carbonyl (C=O) groups excluding carboxylic acids is 1. The van der Waals surface area contributed by atoms with Crippen molar-refractivity contribution in [2.45, 2.75) is 31.2 Å². The van der Waals surface area contributed by atoms with Crippen molar-refractivity contribution in [2.24, 2.45) is 5.92 Å². The molecule has 1 aromatic carbocycles. The van der Waals surface area contributed by atoms with Gasteiger partial charge in [-0.15, -0.1) is 0 Å². The number of benzene rings is 1. The number of hydrogen-bond donors (Lipinski definition) is 0. The van der Waals surface area contributed by atoms with Crippen LogP contribution >= 0.6 is 0 Å². The fraction of sp³-hybridized carbons (Fsp3) is 0.533. The van der Waals surface area contributed by atoms with Gasteiger partial charge in [-0.1, -0.05) is 12.1 Å². The monoisotopic (exact) mass is 245 g/mol. The van der Waals surface area contributed by atoms with Crippen molar-refractivity contribution >= 4 is 5.91 Å². The molecule has 3 nitrogen and oxygen atoms in total. The normalized spacial score (nSPS) is 25.7. The second kappa shape index (κ2) is 4.30. The molecule has 2 aliphatic carbocycles. The summed E-state index contributed by atoms with van der Waals surface area (Å²) in [4.78, 5) is 13.9. The molecule has 0 bridgehead atoms. The Kier molecular flexibility index (Phi) is 2.77. The van der Waals surface area contributed by atoms with E-state index >= 15 is 0 Å². The van der Waals surface area contributed by atoms with Gasteiger partial charge in [0.1, 0.15) is 5.75 Å². The maximum absolute atomic E-state index is 12.0. The highest BCUT2D eigenvalue weighted by atomic mass is 16.5. The Bertz CT molecular complexity index is 467. The fourth-order valence-electron chi connectivity index (χ4n) is 2.62. The molecule has 3 rings (SSSR count). The minimum absolute atomic E-state index is 0.321. The van der Waals surface area contributed by atoms with Gasteiger partial charge < -0.3 is 9.64 Å². The third-order valence-electron chi connectivity index (χ3n) is 4.05. The summed E-state index contributed by atoms with van der Waals surface area (Å²) in [6.45, 7) is 0. The van der Waals surface area contributed by atoms with Crippen molar-refractivity contribution in [1.82, 2.24) is 4.90 Å². The Balaban J connectivity index is 1.67. The molecule has 1 amide bonds. The lowest BCUT2D eigenvalue weighted by molar-refractivity contribution is -0.131. The van der Waals surface area contributed by atoms with Gasteiger partial charge in [0.25, 0.3) is 0 Å². The van der Waals surface area contributed by atoms with Crippen molar-refractivity contribution < 1.29 is 9.53 Å². The third kappa shape index (κ3) is 2.09. The van der Waals surface area contributed by atoms with Crippen molar-refractivity contribution in [3.63, 3.8) is 0 Å². The zero-order valence-electron chi connectivity index (χ0n) is 10.9. The average Bonchev–Trinajstić information content (AvgIpc) is 3.29. The van der Waals surface area contributed by atoms with Crippen LogP contribution in [-0.4, -0.2) is 31.0 Å². The Hall–Kier alpha value is -1.51. The Labute approximate surface area is 108 Å². The summed E-state index contributed by atoms with van der Waals surface area (Å²) in [7, 11) is 3.64. The fourth-order valence-corrected chi connectivity index (χ4v) is 2.62. The van der Waals surface area contributed by atoms with Crippen LogP contribution in [0.5, 0.6) is 5.75 Å². The zero-order valence-corrected chi connectivity index (χ0v) is 10.9. The second-order valence-corrected chi connectivity index (χ2v) is 5.41. The van der Waals surface area contributed by atoms with Crippen LogP contribution in [0.4, 0.5) is 0 Å². The Morgan fingerprint density at radius 3 is 2.83 bits per heavy atom. The van der Waals surface area contributed by atoms with Crippen LogP contribution < -0.4 is 4.74 Å². The SMILES string of the molecule is COc1cccc(C2CC2N(C)C(=O)C2CC2)c1. The predicted octanol–water partition coefficient (Wildman–Crippen LogP) is 2.42. The van der Waals surface area contributed by atoms with Gasteiger partial charge in [0.15, 0.2) is 0 Å². The Morgan fingerprint density at radius 1 is 1.39 bits per heavy atom. The van der Waals surface area contributed by atoms with E-state index in [1.165, 1.54) is 5.56 Å². The summed E-state index contributed by atoms with van der Waals surface area (Å²) in [5.41, 5.74) is 1.29. The molecule has 2 saturated carbocycles. The minimum atomic E-state index is 0.321. The summed E-state index contributed by atoms with van der Waals surface area (Å²) < 4.78 is 5.24. The first-order chi connectivity index (χ1) is 8.70. The topological polar surface area (TPSA) is 29.5 Å². The van der Waals surface area contributed by atoms with Gasteiger partial charge in [-0.2, -0.15) is 0 Å². The molecule has 96 valence electrons. The van der Waals surface area contributed by atoms with E-state index in [2.05, 4.69) is 12.1 Å². The molecule has 2 unspecified atom stereocenters. The number of amides is 1. The molecule has 2 fully saturated rings. The molecular weight excluding hydrogens is 226 g/mol. The van der Waals surface area contributed by atoms with Crippen LogP contribution in [0.15, 0.2) is 24.3 Å². The molecule has 0 spiro atoms. The van der Waals surface area contributed by atoms with E-state index in [-0.39, 0.29) is 0 Å². The second-order valence-electron chi connectivity index (χ2n) is 5.41. The van der Waals surface area contributed by atoms with Crippen molar-refractivity contribution in [2.75, 3.05) is 14.2 Å². The summed E-state index contributed by atoms with van der Waals surface area (Å²) in [6.07, 6.45) is 3.25. The number of nitrogens with zero attached hydrogens (tertiary/aromatic N) is 1. The first-order valence-electron chi connectivity index (χ1n) is 6.61. The molecule has 2 atom stereocenters. The summed E-state index contributed by atoms with van der Waals surface area (Å²) in [5, 5.41) is 0. The molecular formula is C15H19NO2.